The summed E-state index contributed by atoms with van der Waals surface area (Å²) in [7, 11) is 0. The highest BCUT2D eigenvalue weighted by Gasteiger charge is 2.49. The second kappa shape index (κ2) is 12.4. The highest BCUT2D eigenvalue weighted by Crippen LogP contribution is 2.55. The molecule has 1 amide bonds. The number of ketones is 2. The highest BCUT2D eigenvalue weighted by atomic mass is 16.5. The minimum Gasteiger partial charge on any atom is -0.483 e. The molecule has 3 aromatic carbocycles. The number of carbonyl (C=O) groups excluding carboxylic acids is 3. The third-order valence-corrected chi connectivity index (χ3v) is 9.41. The summed E-state index contributed by atoms with van der Waals surface area (Å²) in [5, 5.41) is 2.90. The Hall–Kier alpha value is -4.45. The number of para-hydroxylation sites is 1. The first-order valence-electron chi connectivity index (χ1n) is 16.3. The van der Waals surface area contributed by atoms with Crippen molar-refractivity contribution < 1.29 is 19.1 Å². The Kier molecular flexibility index (Phi) is 8.49. The number of carbonyl (C=O) groups is 3. The predicted molar refractivity (Wildman–Crippen MR) is 181 cm³/mol. The largest absolute Gasteiger partial charge is 0.483 e. The van der Waals surface area contributed by atoms with Crippen LogP contribution in [-0.4, -0.2) is 35.5 Å². The van der Waals surface area contributed by atoms with Gasteiger partial charge in [0.05, 0.1) is 0 Å². The Labute approximate surface area is 272 Å². The van der Waals surface area contributed by atoms with Crippen molar-refractivity contribution in [3.8, 4) is 5.75 Å². The quantitative estimate of drug-likeness (QED) is 0.278. The third kappa shape index (κ3) is 6.57. The molecule has 0 aromatic heterocycles. The van der Waals surface area contributed by atoms with Crippen LogP contribution in [0.25, 0.3) is 0 Å². The van der Waals surface area contributed by atoms with Gasteiger partial charge in [0.15, 0.2) is 18.2 Å². The predicted octanol–water partition coefficient (Wildman–Crippen LogP) is 7.94. The van der Waals surface area contributed by atoms with Gasteiger partial charge in [-0.3, -0.25) is 14.4 Å². The lowest BCUT2D eigenvalue weighted by molar-refractivity contribution is -0.120. The summed E-state index contributed by atoms with van der Waals surface area (Å²) >= 11 is 0. The van der Waals surface area contributed by atoms with Gasteiger partial charge in [-0.05, 0) is 60.8 Å². The van der Waals surface area contributed by atoms with Gasteiger partial charge in [0, 0.05) is 59.1 Å². The number of hydrogen-bond donors (Lipinski definition) is 1. The Morgan fingerprint density at radius 2 is 1.35 bits per heavy atom. The van der Waals surface area contributed by atoms with E-state index in [-0.39, 0.29) is 34.9 Å². The van der Waals surface area contributed by atoms with Crippen LogP contribution in [0.1, 0.15) is 76.0 Å². The number of benzene rings is 3. The molecule has 0 radical (unpaired) electrons. The molecule has 1 N–H and O–H groups in total. The van der Waals surface area contributed by atoms with Gasteiger partial charge in [0.2, 0.25) is 0 Å². The van der Waals surface area contributed by atoms with Crippen LogP contribution in [0.2, 0.25) is 0 Å². The molecule has 0 bridgehead atoms. The molecule has 238 valence electrons. The number of nitrogens with one attached hydrogen (secondary N) is 1. The zero-order chi connectivity index (χ0) is 32.6. The van der Waals surface area contributed by atoms with Crippen LogP contribution in [0, 0.1) is 17.8 Å². The molecule has 6 rings (SSSR count). The molecule has 6 nitrogen and oxygen atoms in total. The van der Waals surface area contributed by atoms with Gasteiger partial charge in [-0.2, -0.15) is 0 Å². The van der Waals surface area contributed by atoms with Crippen molar-refractivity contribution in [2.75, 3.05) is 18.5 Å². The first-order chi connectivity index (χ1) is 21.9. The Morgan fingerprint density at radius 1 is 0.783 bits per heavy atom. The van der Waals surface area contributed by atoms with Crippen LogP contribution in [-0.2, 0) is 20.8 Å². The van der Waals surface area contributed by atoms with E-state index >= 15 is 0 Å². The molecule has 0 unspecified atom stereocenters. The number of hydrogen-bond acceptors (Lipinski definition) is 5. The van der Waals surface area contributed by atoms with E-state index in [4.69, 9.17) is 4.74 Å². The van der Waals surface area contributed by atoms with Crippen molar-refractivity contribution in [3.63, 3.8) is 0 Å². The molecular formula is C40H44N2O4. The average molecular weight is 617 g/mol. The van der Waals surface area contributed by atoms with Crippen LogP contribution in [0.5, 0.6) is 5.75 Å². The molecule has 46 heavy (non-hydrogen) atoms. The number of Topliss-reactive ketones (excluding diaryl/α,β-unsaturated/α-hetero) is 2. The fourth-order valence-electron chi connectivity index (χ4n) is 7.34. The van der Waals surface area contributed by atoms with Crippen LogP contribution in [0.4, 0.5) is 5.69 Å². The smallest absolute Gasteiger partial charge is 0.262 e. The molecule has 0 spiro atoms. The van der Waals surface area contributed by atoms with E-state index < -0.39 is 5.92 Å². The molecule has 3 aliphatic rings. The van der Waals surface area contributed by atoms with Crippen molar-refractivity contribution in [1.82, 2.24) is 4.90 Å². The molecule has 0 atom stereocenters. The third-order valence-electron chi connectivity index (χ3n) is 9.41. The summed E-state index contributed by atoms with van der Waals surface area (Å²) in [4.78, 5) is 43.7. The van der Waals surface area contributed by atoms with Crippen molar-refractivity contribution in [2.24, 2.45) is 10.8 Å². The normalized spacial score (nSPS) is 19.1. The Morgan fingerprint density at radius 3 is 1.96 bits per heavy atom. The lowest BCUT2D eigenvalue weighted by Gasteiger charge is -2.49. The number of aryl methyl sites for hydroxylation is 1. The van der Waals surface area contributed by atoms with Crippen molar-refractivity contribution in [3.05, 3.63) is 118 Å². The zero-order valence-corrected chi connectivity index (χ0v) is 27.6. The summed E-state index contributed by atoms with van der Waals surface area (Å²) < 4.78 is 6.20. The van der Waals surface area contributed by atoms with E-state index in [0.717, 1.165) is 41.8 Å². The molecule has 0 saturated carbocycles. The van der Waals surface area contributed by atoms with E-state index in [1.54, 1.807) is 0 Å². The number of ether oxygens (including phenoxy) is 1. The van der Waals surface area contributed by atoms with Gasteiger partial charge in [-0.1, -0.05) is 93.9 Å². The van der Waals surface area contributed by atoms with E-state index in [9.17, 15) is 14.4 Å². The molecule has 1 heterocycles. The van der Waals surface area contributed by atoms with Gasteiger partial charge in [-0.25, -0.2) is 0 Å². The molecule has 0 fully saturated rings. The minimum absolute atomic E-state index is 0.0806. The molecule has 1 aliphatic heterocycles. The van der Waals surface area contributed by atoms with Gasteiger partial charge in [-0.15, -0.1) is 0 Å². The van der Waals surface area contributed by atoms with E-state index in [2.05, 4.69) is 62.2 Å². The topological polar surface area (TPSA) is 75.7 Å². The first kappa shape index (κ1) is 31.5. The van der Waals surface area contributed by atoms with Crippen LogP contribution < -0.4 is 10.1 Å². The average Bonchev–Trinajstić information content (AvgIpc) is 2.99. The van der Waals surface area contributed by atoms with Gasteiger partial charge in [0.1, 0.15) is 5.75 Å². The van der Waals surface area contributed by atoms with Crippen molar-refractivity contribution in [1.29, 1.82) is 0 Å². The fourth-order valence-corrected chi connectivity index (χ4v) is 7.34. The zero-order valence-electron chi connectivity index (χ0n) is 27.6. The van der Waals surface area contributed by atoms with E-state index in [0.29, 0.717) is 42.0 Å². The van der Waals surface area contributed by atoms with Crippen LogP contribution in [0.15, 0.2) is 101 Å². The van der Waals surface area contributed by atoms with Crippen molar-refractivity contribution in [2.45, 2.75) is 72.6 Å². The Balaban J connectivity index is 1.41. The highest BCUT2D eigenvalue weighted by molar-refractivity contribution is 6.07. The second-order valence-electron chi connectivity index (χ2n) is 14.7. The van der Waals surface area contributed by atoms with Gasteiger partial charge >= 0.3 is 0 Å². The van der Waals surface area contributed by atoms with Crippen LogP contribution in [0.3, 0.4) is 0 Å². The summed E-state index contributed by atoms with van der Waals surface area (Å²) in [6.07, 6.45) is 3.12. The summed E-state index contributed by atoms with van der Waals surface area (Å²) in [6.45, 7) is 11.1. The standard InChI is InChI=1S/C40H44N2O4/c1-26-15-17-28(18-16-26)41-35(45)25-46-34-14-10-9-13-29(34)36-37-30(21-39(2,3)23-32(37)43)42(20-19-27-11-7-6-8-12-27)31-22-40(4,5)24-33(44)38(31)36/h6-18,36H,19-25H2,1-5H3,(H,41,45). The lowest BCUT2D eigenvalue weighted by Crippen LogP contribution is -2.45. The molecule has 0 saturated heterocycles. The van der Waals surface area contributed by atoms with Gasteiger partial charge < -0.3 is 15.0 Å². The van der Waals surface area contributed by atoms with Crippen molar-refractivity contribution >= 4 is 23.2 Å². The SMILES string of the molecule is Cc1ccc(NC(=O)COc2ccccc2C2C3=C(CC(C)(C)CC3=O)N(CCc3ccccc3)C3=C2C(=O)CC(C)(C)C3)cc1. The number of amides is 1. The number of nitrogens with zero attached hydrogens (tertiary/aromatic N) is 1. The Bertz CT molecular complexity index is 1680. The number of rotatable bonds is 8. The second-order valence-corrected chi connectivity index (χ2v) is 14.7. The summed E-state index contributed by atoms with van der Waals surface area (Å²) in [5.41, 5.74) is 6.84. The van der Waals surface area contributed by atoms with Crippen LogP contribution >= 0.6 is 0 Å². The summed E-state index contributed by atoms with van der Waals surface area (Å²) in [6, 6.07) is 25.6. The monoisotopic (exact) mass is 616 g/mol. The fraction of sp³-hybridized carbons (Fsp3) is 0.375. The maximum atomic E-state index is 14.2. The summed E-state index contributed by atoms with van der Waals surface area (Å²) in [5.74, 6) is -0.144. The molecule has 2 aliphatic carbocycles. The molecule has 6 heteroatoms. The lowest BCUT2D eigenvalue weighted by atomic mass is 9.63. The molecular weight excluding hydrogens is 572 g/mol. The van der Waals surface area contributed by atoms with E-state index in [1.165, 1.54) is 5.56 Å². The maximum absolute atomic E-state index is 14.2. The minimum atomic E-state index is -0.540. The van der Waals surface area contributed by atoms with Gasteiger partial charge in [0.25, 0.3) is 5.91 Å². The first-order valence-corrected chi connectivity index (χ1v) is 16.3. The number of allylic oxidation sites excluding steroid dienone is 4. The maximum Gasteiger partial charge on any atom is 0.262 e. The van der Waals surface area contributed by atoms with E-state index in [1.807, 2.05) is 61.5 Å². The molecule has 3 aromatic rings. The number of anilines is 1.